The van der Waals surface area contributed by atoms with Crippen LogP contribution in [-0.2, 0) is 6.54 Å². The zero-order chi connectivity index (χ0) is 16.7. The molecule has 1 saturated heterocycles. The number of fused-ring (bicyclic) bond motifs is 1. The highest BCUT2D eigenvalue weighted by atomic mass is 16.5. The third-order valence-electron chi connectivity index (χ3n) is 4.57. The van der Waals surface area contributed by atoms with E-state index in [2.05, 4.69) is 21.1 Å². The second kappa shape index (κ2) is 5.76. The van der Waals surface area contributed by atoms with Gasteiger partial charge in [0.2, 0.25) is 5.89 Å². The van der Waals surface area contributed by atoms with E-state index in [0.717, 1.165) is 42.7 Å². The normalized spacial score (nSPS) is 18.5. The molecule has 1 aliphatic rings. The zero-order valence-electron chi connectivity index (χ0n) is 13.4. The number of aromatic nitrogens is 2. The van der Waals surface area contributed by atoms with Crippen LogP contribution in [0.25, 0.3) is 11.0 Å². The molecule has 1 fully saturated rings. The van der Waals surface area contributed by atoms with E-state index in [1.807, 2.05) is 25.1 Å². The smallest absolute Gasteiger partial charge is 0.290 e. The molecule has 0 spiro atoms. The Hall–Kier alpha value is -2.67. The van der Waals surface area contributed by atoms with Crippen molar-refractivity contribution in [1.82, 2.24) is 15.0 Å². The Morgan fingerprint density at radius 3 is 3.04 bits per heavy atom. The van der Waals surface area contributed by atoms with Crippen molar-refractivity contribution in [2.45, 2.75) is 32.4 Å². The monoisotopic (exact) mass is 326 g/mol. The van der Waals surface area contributed by atoms with Gasteiger partial charge in [0.1, 0.15) is 11.3 Å². The molecule has 2 N–H and O–H groups in total. The zero-order valence-corrected chi connectivity index (χ0v) is 13.4. The van der Waals surface area contributed by atoms with Gasteiger partial charge in [0.25, 0.3) is 11.7 Å². The summed E-state index contributed by atoms with van der Waals surface area (Å²) in [7, 11) is 0. The number of likely N-dealkylation sites (tertiary alicyclic amines) is 1. The highest BCUT2D eigenvalue weighted by Gasteiger charge is 2.32. The lowest BCUT2D eigenvalue weighted by Gasteiger charge is -2.21. The van der Waals surface area contributed by atoms with E-state index in [4.69, 9.17) is 14.7 Å². The molecular formula is C17H18N4O3. The number of primary amides is 1. The molecular weight excluding hydrogens is 308 g/mol. The third kappa shape index (κ3) is 2.46. The van der Waals surface area contributed by atoms with Gasteiger partial charge in [-0.1, -0.05) is 23.4 Å². The number of benzene rings is 1. The van der Waals surface area contributed by atoms with Gasteiger partial charge in [0, 0.05) is 17.5 Å². The van der Waals surface area contributed by atoms with Crippen molar-refractivity contribution in [3.63, 3.8) is 0 Å². The highest BCUT2D eigenvalue weighted by molar-refractivity contribution is 5.88. The molecule has 124 valence electrons. The molecule has 2 aromatic heterocycles. The molecule has 1 aliphatic heterocycles. The fourth-order valence-corrected chi connectivity index (χ4v) is 3.39. The first-order valence-corrected chi connectivity index (χ1v) is 7.98. The third-order valence-corrected chi connectivity index (χ3v) is 4.57. The van der Waals surface area contributed by atoms with Gasteiger partial charge in [-0.15, -0.1) is 0 Å². The van der Waals surface area contributed by atoms with E-state index in [1.54, 1.807) is 0 Å². The summed E-state index contributed by atoms with van der Waals surface area (Å²) in [6, 6.07) is 8.03. The quantitative estimate of drug-likeness (QED) is 0.791. The maximum atomic E-state index is 11.2. The first kappa shape index (κ1) is 14.9. The Labute approximate surface area is 138 Å². The number of carbonyl (C=O) groups is 1. The van der Waals surface area contributed by atoms with Crippen LogP contribution in [0.4, 0.5) is 0 Å². The summed E-state index contributed by atoms with van der Waals surface area (Å²) in [5, 5.41) is 4.78. The molecule has 24 heavy (non-hydrogen) atoms. The number of amides is 1. The van der Waals surface area contributed by atoms with E-state index >= 15 is 0 Å². The molecule has 4 rings (SSSR count). The molecule has 1 amide bonds. The number of para-hydroxylation sites is 1. The molecule has 0 aliphatic carbocycles. The first-order valence-electron chi connectivity index (χ1n) is 7.98. The fourth-order valence-electron chi connectivity index (χ4n) is 3.39. The van der Waals surface area contributed by atoms with E-state index in [1.165, 1.54) is 5.56 Å². The van der Waals surface area contributed by atoms with E-state index in [9.17, 15) is 4.79 Å². The summed E-state index contributed by atoms with van der Waals surface area (Å²) in [5.41, 5.74) is 7.27. The average Bonchev–Trinajstić information content (AvgIpc) is 3.27. The molecule has 0 bridgehead atoms. The minimum Gasteiger partial charge on any atom is -0.461 e. The largest absolute Gasteiger partial charge is 0.461 e. The van der Waals surface area contributed by atoms with Crippen LogP contribution in [0.15, 0.2) is 33.2 Å². The fraction of sp³-hybridized carbons (Fsp3) is 0.353. The van der Waals surface area contributed by atoms with Crippen molar-refractivity contribution < 1.29 is 13.7 Å². The predicted molar refractivity (Wildman–Crippen MR) is 86.2 cm³/mol. The first-order chi connectivity index (χ1) is 11.6. The van der Waals surface area contributed by atoms with Crippen LogP contribution in [0.2, 0.25) is 0 Å². The summed E-state index contributed by atoms with van der Waals surface area (Å²) >= 11 is 0. The van der Waals surface area contributed by atoms with Crippen LogP contribution in [0.5, 0.6) is 0 Å². The number of hydrogen-bond acceptors (Lipinski definition) is 6. The van der Waals surface area contributed by atoms with Crippen LogP contribution in [0.1, 0.15) is 46.7 Å². The van der Waals surface area contributed by atoms with Gasteiger partial charge < -0.3 is 14.7 Å². The van der Waals surface area contributed by atoms with Crippen LogP contribution in [-0.4, -0.2) is 27.5 Å². The van der Waals surface area contributed by atoms with E-state index < -0.39 is 5.91 Å². The SMILES string of the molecule is Cc1oc2ccccc2c1CN1CCCC1c1nc(C(N)=O)no1. The summed E-state index contributed by atoms with van der Waals surface area (Å²) in [4.78, 5) is 17.6. The summed E-state index contributed by atoms with van der Waals surface area (Å²) in [6.07, 6.45) is 1.95. The van der Waals surface area contributed by atoms with Crippen molar-refractivity contribution in [3.05, 3.63) is 47.3 Å². The number of rotatable bonds is 4. The van der Waals surface area contributed by atoms with Crippen LogP contribution < -0.4 is 5.73 Å². The van der Waals surface area contributed by atoms with Crippen LogP contribution >= 0.6 is 0 Å². The highest BCUT2D eigenvalue weighted by Crippen LogP contribution is 2.35. The standard InChI is InChI=1S/C17H18N4O3/c1-10-12(11-5-2-3-7-14(11)23-10)9-21-8-4-6-13(21)17-19-16(15(18)22)20-24-17/h2-3,5,7,13H,4,6,8-9H2,1H3,(H2,18,22). The Morgan fingerprint density at radius 2 is 2.25 bits per heavy atom. The number of furan rings is 1. The number of nitrogens with two attached hydrogens (primary N) is 1. The predicted octanol–water partition coefficient (Wildman–Crippen LogP) is 2.56. The second-order valence-corrected chi connectivity index (χ2v) is 6.08. The van der Waals surface area contributed by atoms with Crippen molar-refractivity contribution in [2.75, 3.05) is 6.54 Å². The summed E-state index contributed by atoms with van der Waals surface area (Å²) < 4.78 is 11.1. The van der Waals surface area contributed by atoms with Gasteiger partial charge >= 0.3 is 0 Å². The molecule has 1 unspecified atom stereocenters. The lowest BCUT2D eigenvalue weighted by Crippen LogP contribution is -2.23. The minimum atomic E-state index is -0.675. The Balaban J connectivity index is 1.63. The maximum absolute atomic E-state index is 11.2. The molecule has 1 atom stereocenters. The average molecular weight is 326 g/mol. The van der Waals surface area contributed by atoms with Crippen molar-refractivity contribution >= 4 is 16.9 Å². The molecule has 3 heterocycles. The van der Waals surface area contributed by atoms with Gasteiger partial charge in [-0.3, -0.25) is 9.69 Å². The lowest BCUT2D eigenvalue weighted by molar-refractivity contribution is 0.0987. The topological polar surface area (TPSA) is 98.4 Å². The van der Waals surface area contributed by atoms with Crippen molar-refractivity contribution in [3.8, 4) is 0 Å². The molecule has 0 saturated carbocycles. The van der Waals surface area contributed by atoms with E-state index in [0.29, 0.717) is 5.89 Å². The Kier molecular flexibility index (Phi) is 3.57. The van der Waals surface area contributed by atoms with Crippen molar-refractivity contribution in [2.24, 2.45) is 5.73 Å². The Bertz CT molecular complexity index is 898. The van der Waals surface area contributed by atoms with Crippen LogP contribution in [0, 0.1) is 6.92 Å². The second-order valence-electron chi connectivity index (χ2n) is 6.08. The lowest BCUT2D eigenvalue weighted by atomic mass is 10.1. The van der Waals surface area contributed by atoms with Crippen LogP contribution in [0.3, 0.4) is 0 Å². The maximum Gasteiger partial charge on any atom is 0.290 e. The number of carbonyl (C=O) groups excluding carboxylic acids is 1. The summed E-state index contributed by atoms with van der Waals surface area (Å²) in [6.45, 7) is 3.65. The number of aryl methyl sites for hydroxylation is 1. The van der Waals surface area contributed by atoms with Gasteiger partial charge in [-0.2, -0.15) is 4.98 Å². The van der Waals surface area contributed by atoms with E-state index in [-0.39, 0.29) is 11.9 Å². The van der Waals surface area contributed by atoms with Gasteiger partial charge in [-0.05, 0) is 32.4 Å². The molecule has 7 heteroatoms. The van der Waals surface area contributed by atoms with Gasteiger partial charge in [0.15, 0.2) is 0 Å². The summed E-state index contributed by atoms with van der Waals surface area (Å²) in [5.74, 6) is 0.630. The Morgan fingerprint density at radius 1 is 1.42 bits per heavy atom. The molecule has 7 nitrogen and oxygen atoms in total. The van der Waals surface area contributed by atoms with Gasteiger partial charge in [0.05, 0.1) is 6.04 Å². The molecule has 3 aromatic rings. The number of nitrogens with zero attached hydrogens (tertiary/aromatic N) is 3. The minimum absolute atomic E-state index is 0.00124. The van der Waals surface area contributed by atoms with Crippen molar-refractivity contribution in [1.29, 1.82) is 0 Å². The molecule has 0 radical (unpaired) electrons. The van der Waals surface area contributed by atoms with Gasteiger partial charge in [-0.25, -0.2) is 0 Å². The molecule has 1 aromatic carbocycles. The number of hydrogen-bond donors (Lipinski definition) is 1.